The molecular weight excluding hydrogens is 360 g/mol. The first-order valence-corrected chi connectivity index (χ1v) is 8.82. The van der Waals surface area contributed by atoms with Gasteiger partial charge in [-0.1, -0.05) is 30.3 Å². The summed E-state index contributed by atoms with van der Waals surface area (Å²) in [4.78, 5) is 27.5. The smallest absolute Gasteiger partial charge is 0.311 e. The molecule has 0 N–H and O–H groups in total. The van der Waals surface area contributed by atoms with Gasteiger partial charge < -0.3 is 4.74 Å². The lowest BCUT2D eigenvalue weighted by atomic mass is 10.1. The highest BCUT2D eigenvalue weighted by Gasteiger charge is 2.28. The van der Waals surface area contributed by atoms with Crippen molar-refractivity contribution >= 4 is 11.5 Å². The van der Waals surface area contributed by atoms with E-state index in [1.165, 1.54) is 18.2 Å². The topological polar surface area (TPSA) is 108 Å². The number of Topliss-reactive ketones (excluding diaryl/α,β-unsaturated/α-hetero) is 1. The molecule has 0 amide bonds. The van der Waals surface area contributed by atoms with E-state index in [0.717, 1.165) is 18.4 Å². The fraction of sp³-hybridized carbons (Fsp3) is 0.200. The lowest BCUT2D eigenvalue weighted by Crippen LogP contribution is -2.09. The number of carbonyl (C=O) groups is 1. The fourth-order valence-corrected chi connectivity index (χ4v) is 2.67. The van der Waals surface area contributed by atoms with Gasteiger partial charge >= 0.3 is 5.69 Å². The van der Waals surface area contributed by atoms with Crippen molar-refractivity contribution in [2.24, 2.45) is 0 Å². The zero-order chi connectivity index (χ0) is 19.5. The standard InChI is InChI=1S/C20H16N4O4/c25-18(11-20-21-12-16(22-23-20)13-4-2-1-3-5-13)14-6-9-19(28-15-7-8-15)17(10-14)24(26)27/h1-6,9-10,12,15H,7-8,11H2. The molecule has 0 aliphatic heterocycles. The molecule has 28 heavy (non-hydrogen) atoms. The van der Waals surface area contributed by atoms with E-state index in [1.54, 1.807) is 6.20 Å². The summed E-state index contributed by atoms with van der Waals surface area (Å²) in [5, 5.41) is 19.4. The van der Waals surface area contributed by atoms with Gasteiger partial charge in [0.25, 0.3) is 0 Å². The van der Waals surface area contributed by atoms with Gasteiger partial charge in [-0.25, -0.2) is 4.98 Å². The number of nitro benzene ring substituents is 1. The first-order chi connectivity index (χ1) is 13.6. The Kier molecular flexibility index (Phi) is 4.76. The van der Waals surface area contributed by atoms with Crippen LogP contribution in [0.2, 0.25) is 0 Å². The molecule has 0 bridgehead atoms. The van der Waals surface area contributed by atoms with Crippen LogP contribution in [0.5, 0.6) is 5.75 Å². The maximum absolute atomic E-state index is 12.5. The van der Waals surface area contributed by atoms with Crippen molar-refractivity contribution in [3.63, 3.8) is 0 Å². The number of ether oxygens (including phenoxy) is 1. The fourth-order valence-electron chi connectivity index (χ4n) is 2.67. The van der Waals surface area contributed by atoms with Gasteiger partial charge in [-0.15, -0.1) is 10.2 Å². The predicted molar refractivity (Wildman–Crippen MR) is 100 cm³/mol. The summed E-state index contributed by atoms with van der Waals surface area (Å²) in [6.07, 6.45) is 3.27. The van der Waals surface area contributed by atoms with Crippen LogP contribution in [0.4, 0.5) is 5.69 Å². The number of hydrogen-bond acceptors (Lipinski definition) is 7. The van der Waals surface area contributed by atoms with E-state index in [-0.39, 0.29) is 41.1 Å². The summed E-state index contributed by atoms with van der Waals surface area (Å²) in [5.74, 6) is 0.121. The molecule has 1 aliphatic rings. The molecule has 1 aliphatic carbocycles. The third-order valence-corrected chi connectivity index (χ3v) is 4.29. The zero-order valence-electron chi connectivity index (χ0n) is 14.8. The maximum atomic E-state index is 12.5. The van der Waals surface area contributed by atoms with Crippen LogP contribution in [0.15, 0.2) is 54.7 Å². The van der Waals surface area contributed by atoms with Crippen molar-refractivity contribution in [3.05, 3.63) is 76.2 Å². The van der Waals surface area contributed by atoms with Crippen LogP contribution in [0, 0.1) is 10.1 Å². The van der Waals surface area contributed by atoms with Gasteiger partial charge in [0, 0.05) is 17.2 Å². The normalized spacial score (nSPS) is 13.1. The average molecular weight is 376 g/mol. The van der Waals surface area contributed by atoms with Gasteiger partial charge in [0.15, 0.2) is 17.4 Å². The molecule has 140 valence electrons. The number of carbonyl (C=O) groups excluding carboxylic acids is 1. The van der Waals surface area contributed by atoms with Crippen LogP contribution >= 0.6 is 0 Å². The maximum Gasteiger partial charge on any atom is 0.311 e. The van der Waals surface area contributed by atoms with E-state index in [2.05, 4.69) is 15.2 Å². The van der Waals surface area contributed by atoms with Crippen molar-refractivity contribution in [1.82, 2.24) is 15.2 Å². The van der Waals surface area contributed by atoms with Crippen molar-refractivity contribution in [2.45, 2.75) is 25.4 Å². The number of ketones is 1. The Morgan fingerprint density at radius 2 is 1.93 bits per heavy atom. The Morgan fingerprint density at radius 1 is 1.14 bits per heavy atom. The summed E-state index contributed by atoms with van der Waals surface area (Å²) in [5.41, 5.74) is 1.48. The molecule has 0 atom stereocenters. The highest BCUT2D eigenvalue weighted by Crippen LogP contribution is 2.34. The Hall–Kier alpha value is -3.68. The molecule has 1 heterocycles. The van der Waals surface area contributed by atoms with Gasteiger partial charge in [0.1, 0.15) is 5.69 Å². The Balaban J connectivity index is 1.50. The molecule has 8 nitrogen and oxygen atoms in total. The number of hydrogen-bond donors (Lipinski definition) is 0. The Bertz CT molecular complexity index is 1020. The van der Waals surface area contributed by atoms with Crippen LogP contribution in [-0.2, 0) is 6.42 Å². The first kappa shape index (κ1) is 17.7. The van der Waals surface area contributed by atoms with Gasteiger partial charge in [-0.3, -0.25) is 14.9 Å². The zero-order valence-corrected chi connectivity index (χ0v) is 14.8. The van der Waals surface area contributed by atoms with E-state index in [4.69, 9.17) is 4.74 Å². The molecule has 0 saturated heterocycles. The second-order valence-corrected chi connectivity index (χ2v) is 6.48. The number of nitrogens with zero attached hydrogens (tertiary/aromatic N) is 4. The number of rotatable bonds is 7. The van der Waals surface area contributed by atoms with Crippen molar-refractivity contribution in [2.75, 3.05) is 0 Å². The quantitative estimate of drug-likeness (QED) is 0.353. The second-order valence-electron chi connectivity index (χ2n) is 6.48. The van der Waals surface area contributed by atoms with Crippen LogP contribution in [0.25, 0.3) is 11.3 Å². The molecule has 1 saturated carbocycles. The molecule has 0 radical (unpaired) electrons. The second kappa shape index (κ2) is 7.51. The number of nitro groups is 1. The van der Waals surface area contributed by atoms with E-state index in [1.807, 2.05) is 30.3 Å². The largest absolute Gasteiger partial charge is 0.483 e. The highest BCUT2D eigenvalue weighted by atomic mass is 16.6. The summed E-state index contributed by atoms with van der Waals surface area (Å²) in [6.45, 7) is 0. The first-order valence-electron chi connectivity index (χ1n) is 8.82. The third-order valence-electron chi connectivity index (χ3n) is 4.29. The monoisotopic (exact) mass is 376 g/mol. The minimum atomic E-state index is -0.540. The predicted octanol–water partition coefficient (Wildman–Crippen LogP) is 3.41. The van der Waals surface area contributed by atoms with E-state index in [9.17, 15) is 14.9 Å². The van der Waals surface area contributed by atoms with Crippen LogP contribution in [0.1, 0.15) is 29.0 Å². The number of aromatic nitrogens is 3. The van der Waals surface area contributed by atoms with Crippen LogP contribution in [-0.4, -0.2) is 32.0 Å². The molecule has 0 unspecified atom stereocenters. The van der Waals surface area contributed by atoms with Crippen LogP contribution in [0.3, 0.4) is 0 Å². The molecule has 1 fully saturated rings. The molecule has 4 rings (SSSR count). The van der Waals surface area contributed by atoms with Gasteiger partial charge in [-0.05, 0) is 25.0 Å². The number of benzene rings is 2. The molecular formula is C20H16N4O4. The van der Waals surface area contributed by atoms with E-state index in [0.29, 0.717) is 5.69 Å². The van der Waals surface area contributed by atoms with Gasteiger partial charge in [-0.2, -0.15) is 0 Å². The van der Waals surface area contributed by atoms with Crippen molar-refractivity contribution in [1.29, 1.82) is 0 Å². The molecule has 0 spiro atoms. The SMILES string of the molecule is O=C(Cc1ncc(-c2ccccc2)nn1)c1ccc(OC2CC2)c([N+](=O)[O-])c1. The van der Waals surface area contributed by atoms with E-state index < -0.39 is 4.92 Å². The van der Waals surface area contributed by atoms with Crippen molar-refractivity contribution < 1.29 is 14.5 Å². The third kappa shape index (κ3) is 4.01. The minimum absolute atomic E-state index is 0.0304. The molecule has 3 aromatic rings. The average Bonchev–Trinajstić information content (AvgIpc) is 3.53. The molecule has 2 aromatic carbocycles. The lowest BCUT2D eigenvalue weighted by Gasteiger charge is -2.07. The van der Waals surface area contributed by atoms with Gasteiger partial charge in [0.05, 0.1) is 23.6 Å². The summed E-state index contributed by atoms with van der Waals surface area (Å²) >= 11 is 0. The summed E-state index contributed by atoms with van der Waals surface area (Å²) in [6, 6.07) is 13.7. The van der Waals surface area contributed by atoms with E-state index >= 15 is 0 Å². The summed E-state index contributed by atoms with van der Waals surface area (Å²) in [7, 11) is 0. The Labute approximate surface area is 160 Å². The summed E-state index contributed by atoms with van der Waals surface area (Å²) < 4.78 is 5.54. The van der Waals surface area contributed by atoms with Gasteiger partial charge in [0.2, 0.25) is 0 Å². The molecule has 1 aromatic heterocycles. The van der Waals surface area contributed by atoms with Crippen LogP contribution < -0.4 is 4.74 Å². The van der Waals surface area contributed by atoms with Crippen molar-refractivity contribution in [3.8, 4) is 17.0 Å². The Morgan fingerprint density at radius 3 is 2.57 bits per heavy atom. The minimum Gasteiger partial charge on any atom is -0.483 e. The lowest BCUT2D eigenvalue weighted by molar-refractivity contribution is -0.386. The molecule has 8 heteroatoms. The highest BCUT2D eigenvalue weighted by molar-refractivity contribution is 5.98.